The van der Waals surface area contributed by atoms with Crippen molar-refractivity contribution in [3.63, 3.8) is 0 Å². The van der Waals surface area contributed by atoms with Crippen LogP contribution in [0, 0.1) is 5.82 Å². The summed E-state index contributed by atoms with van der Waals surface area (Å²) in [7, 11) is 1.63. The van der Waals surface area contributed by atoms with Gasteiger partial charge in [-0.2, -0.15) is 0 Å². The lowest BCUT2D eigenvalue weighted by atomic mass is 9.99. The van der Waals surface area contributed by atoms with E-state index in [-0.39, 0.29) is 17.8 Å². The number of methoxy groups -OCH3 is 1. The average Bonchev–Trinajstić information content (AvgIpc) is 3.56. The maximum atomic E-state index is 13.7. The normalized spacial score (nSPS) is 18.0. The fourth-order valence-electron chi connectivity index (χ4n) is 6.86. The van der Waals surface area contributed by atoms with Crippen LogP contribution in [0.25, 0.3) is 0 Å². The van der Waals surface area contributed by atoms with Gasteiger partial charge in [0.05, 0.1) is 36.8 Å². The van der Waals surface area contributed by atoms with E-state index in [1.165, 1.54) is 44.0 Å². The van der Waals surface area contributed by atoms with Crippen LogP contribution in [-0.4, -0.2) is 72.8 Å². The van der Waals surface area contributed by atoms with E-state index in [4.69, 9.17) is 14.3 Å². The highest BCUT2D eigenvalue weighted by Crippen LogP contribution is 2.40. The minimum Gasteiger partial charge on any atom is -0.494 e. The lowest BCUT2D eigenvalue weighted by Crippen LogP contribution is -2.50. The van der Waals surface area contributed by atoms with Crippen LogP contribution in [0.5, 0.6) is 17.2 Å². The van der Waals surface area contributed by atoms with E-state index in [2.05, 4.69) is 37.0 Å². The summed E-state index contributed by atoms with van der Waals surface area (Å²) >= 11 is 0. The number of hydrogen-bond acceptors (Lipinski definition) is 10. The molecule has 3 aliphatic rings. The van der Waals surface area contributed by atoms with Gasteiger partial charge in [-0.1, -0.05) is 24.8 Å². The zero-order valence-electron chi connectivity index (χ0n) is 28.2. The van der Waals surface area contributed by atoms with Gasteiger partial charge in [-0.05, 0) is 87.2 Å². The van der Waals surface area contributed by atoms with Crippen molar-refractivity contribution in [1.29, 1.82) is 0 Å². The lowest BCUT2D eigenvalue weighted by Gasteiger charge is -2.43. The number of hydrogen-bond donors (Lipinski definition) is 2. The molecule has 1 amide bonds. The molecule has 4 aromatic rings. The maximum Gasteiger partial charge on any atom is 0.247 e. The lowest BCUT2D eigenvalue weighted by molar-refractivity contribution is -0.111. The summed E-state index contributed by atoms with van der Waals surface area (Å²) in [5, 5.41) is 8.21. The highest BCUT2D eigenvalue weighted by atomic mass is 19.1. The third-order valence-corrected chi connectivity index (χ3v) is 9.53. The van der Waals surface area contributed by atoms with E-state index in [9.17, 15) is 9.18 Å². The number of amides is 1. The molecular weight excluding hydrogens is 637 g/mol. The van der Waals surface area contributed by atoms with Crippen LogP contribution >= 0.6 is 0 Å². The van der Waals surface area contributed by atoms with Crippen LogP contribution in [-0.2, 0) is 16.1 Å². The van der Waals surface area contributed by atoms with E-state index >= 15 is 0 Å². The van der Waals surface area contributed by atoms with Crippen LogP contribution in [0.15, 0.2) is 85.7 Å². The zero-order chi connectivity index (χ0) is 34.5. The van der Waals surface area contributed by atoms with Gasteiger partial charge in [0.2, 0.25) is 5.91 Å². The van der Waals surface area contributed by atoms with Crippen LogP contribution in [0.3, 0.4) is 0 Å². The highest BCUT2D eigenvalue weighted by molar-refractivity contribution is 6.02. The fraction of sp³-hybridized carbons (Fsp3) is 0.342. The third-order valence-electron chi connectivity index (χ3n) is 9.53. The van der Waals surface area contributed by atoms with Crippen molar-refractivity contribution >= 4 is 34.6 Å². The van der Waals surface area contributed by atoms with Gasteiger partial charge in [-0.3, -0.25) is 9.63 Å². The molecule has 0 bridgehead atoms. The first-order valence-corrected chi connectivity index (χ1v) is 17.1. The molecule has 1 atom stereocenters. The second-order valence-corrected chi connectivity index (χ2v) is 12.8. The van der Waals surface area contributed by atoms with Crippen molar-refractivity contribution in [3.05, 3.63) is 97.1 Å². The Morgan fingerprint density at radius 2 is 1.80 bits per heavy atom. The number of carbonyl (C=O) groups excluding carboxylic acids is 1. The quantitative estimate of drug-likeness (QED) is 0.157. The molecule has 4 heterocycles. The van der Waals surface area contributed by atoms with Gasteiger partial charge in [-0.25, -0.2) is 19.4 Å². The van der Waals surface area contributed by atoms with Gasteiger partial charge in [0.25, 0.3) is 0 Å². The predicted octanol–water partition coefficient (Wildman–Crippen LogP) is 6.71. The van der Waals surface area contributed by atoms with Crippen molar-refractivity contribution in [2.75, 3.05) is 60.5 Å². The van der Waals surface area contributed by atoms with Gasteiger partial charge in [0.15, 0.2) is 5.82 Å². The average molecular weight is 680 g/mol. The molecule has 3 aromatic carbocycles. The number of anilines is 5. The molecule has 3 fully saturated rings. The molecule has 0 radical (unpaired) electrons. The summed E-state index contributed by atoms with van der Waals surface area (Å²) < 4.78 is 25.4. The van der Waals surface area contributed by atoms with Gasteiger partial charge in [0, 0.05) is 37.3 Å². The summed E-state index contributed by atoms with van der Waals surface area (Å²) in [6, 6.07) is 20.2. The summed E-state index contributed by atoms with van der Waals surface area (Å²) in [4.78, 5) is 32.5. The number of nitrogens with zero attached hydrogens (tertiary/aromatic N) is 5. The molecular formula is C38H42FN7O4. The molecule has 0 aliphatic carbocycles. The molecule has 1 aromatic heterocycles. The summed E-state index contributed by atoms with van der Waals surface area (Å²) in [6.45, 7) is 8.37. The van der Waals surface area contributed by atoms with Crippen LogP contribution in [0.1, 0.15) is 31.2 Å². The SMILES string of the molecule is C=CC(=O)Nc1cc(Nc2cc(N3OCC[C@@H]3Cc3cccc(Oc4cccc(F)c4)c3)ncn2)c(OC)cc1N1CCC(N2CCC2)CC1. The Morgan fingerprint density at radius 3 is 2.54 bits per heavy atom. The molecule has 11 nitrogen and oxygen atoms in total. The summed E-state index contributed by atoms with van der Waals surface area (Å²) in [6.07, 6.45) is 7.70. The van der Waals surface area contributed by atoms with Gasteiger partial charge in [-0.15, -0.1) is 0 Å². The Balaban J connectivity index is 1.07. The van der Waals surface area contributed by atoms with Crippen LogP contribution in [0.4, 0.5) is 33.1 Å². The number of hydroxylamine groups is 1. The minimum atomic E-state index is -0.348. The molecule has 7 rings (SSSR count). The Bertz CT molecular complexity index is 1830. The van der Waals surface area contributed by atoms with Crippen molar-refractivity contribution < 1.29 is 23.5 Å². The van der Waals surface area contributed by atoms with Crippen LogP contribution < -0.4 is 30.1 Å². The second-order valence-electron chi connectivity index (χ2n) is 12.8. The zero-order valence-corrected chi connectivity index (χ0v) is 28.2. The van der Waals surface area contributed by atoms with Crippen molar-refractivity contribution in [2.24, 2.45) is 0 Å². The number of carbonyl (C=O) groups is 1. The first kappa shape index (κ1) is 33.3. The number of aromatic nitrogens is 2. The van der Waals surface area contributed by atoms with Gasteiger partial charge < -0.3 is 29.9 Å². The number of piperidine rings is 1. The molecule has 12 heteroatoms. The number of ether oxygens (including phenoxy) is 2. The first-order chi connectivity index (χ1) is 24.4. The molecule has 0 spiro atoms. The maximum absolute atomic E-state index is 13.7. The minimum absolute atomic E-state index is 0.0157. The summed E-state index contributed by atoms with van der Waals surface area (Å²) in [5.74, 6) is 2.21. The topological polar surface area (TPSA) is 104 Å². The molecule has 260 valence electrons. The van der Waals surface area contributed by atoms with Crippen molar-refractivity contribution in [2.45, 2.75) is 44.2 Å². The number of rotatable bonds is 12. The van der Waals surface area contributed by atoms with Crippen molar-refractivity contribution in [1.82, 2.24) is 14.9 Å². The van der Waals surface area contributed by atoms with Gasteiger partial charge in [0.1, 0.15) is 35.2 Å². The Morgan fingerprint density at radius 1 is 1.00 bits per heavy atom. The second kappa shape index (κ2) is 15.1. The van der Waals surface area contributed by atoms with E-state index in [0.29, 0.717) is 59.3 Å². The molecule has 50 heavy (non-hydrogen) atoms. The molecule has 2 N–H and O–H groups in total. The highest BCUT2D eigenvalue weighted by Gasteiger charge is 2.30. The van der Waals surface area contributed by atoms with E-state index in [1.807, 2.05) is 47.5 Å². The van der Waals surface area contributed by atoms with E-state index < -0.39 is 0 Å². The monoisotopic (exact) mass is 679 g/mol. The Labute approximate surface area is 291 Å². The largest absolute Gasteiger partial charge is 0.494 e. The molecule has 3 saturated heterocycles. The van der Waals surface area contributed by atoms with Gasteiger partial charge >= 0.3 is 0 Å². The number of benzene rings is 3. The standard InChI is InChI=1S/C38H42FN7O4/c1-3-38(47)43-32-22-33(35(48-2)23-34(32)45-16-11-28(12-17-45)44-14-6-15-44)42-36-24-37(41-25-40-36)46-29(13-18-49-46)19-26-7-4-9-30(20-26)50-31-10-5-8-27(39)21-31/h3-5,7-10,20-25,28-29H,1,6,11-19H2,2H3,(H,43,47)(H,40,41,42)/t29-/m1/s1. The fourth-order valence-corrected chi connectivity index (χ4v) is 6.86. The number of halogens is 1. The Hall–Kier alpha value is -5.20. The van der Waals surface area contributed by atoms with Crippen molar-refractivity contribution in [3.8, 4) is 17.2 Å². The van der Waals surface area contributed by atoms with E-state index in [1.54, 1.807) is 19.2 Å². The molecule has 0 unspecified atom stereocenters. The Kier molecular flexibility index (Phi) is 10.1. The first-order valence-electron chi connectivity index (χ1n) is 17.1. The smallest absolute Gasteiger partial charge is 0.247 e. The van der Waals surface area contributed by atoms with E-state index in [0.717, 1.165) is 43.6 Å². The summed E-state index contributed by atoms with van der Waals surface area (Å²) in [5.41, 5.74) is 3.27. The predicted molar refractivity (Wildman–Crippen MR) is 192 cm³/mol. The molecule has 3 aliphatic heterocycles. The third kappa shape index (κ3) is 7.66. The number of likely N-dealkylation sites (tertiary alicyclic amines) is 1. The van der Waals surface area contributed by atoms with Crippen LogP contribution in [0.2, 0.25) is 0 Å². The molecule has 0 saturated carbocycles. The number of nitrogens with one attached hydrogen (secondary N) is 2.